The SMILES string of the molecule is CC#CCOc1ccc(S(=O)(=O)N[C@H](Cc2ccc(F)c(F)c2)C(=O)NO)cc1. The minimum Gasteiger partial charge on any atom is -0.481 e. The van der Waals surface area contributed by atoms with E-state index in [0.717, 1.165) is 12.1 Å². The molecule has 0 fully saturated rings. The zero-order valence-corrected chi connectivity index (χ0v) is 16.1. The van der Waals surface area contributed by atoms with Gasteiger partial charge in [0, 0.05) is 0 Å². The third-order valence-electron chi connectivity index (χ3n) is 3.77. The lowest BCUT2D eigenvalue weighted by molar-refractivity contribution is -0.130. The van der Waals surface area contributed by atoms with Gasteiger partial charge >= 0.3 is 0 Å². The normalized spacial score (nSPS) is 11.9. The maximum Gasteiger partial charge on any atom is 0.261 e. The Bertz CT molecular complexity index is 1030. The van der Waals surface area contributed by atoms with Crippen molar-refractivity contribution in [3.05, 3.63) is 59.7 Å². The first-order valence-electron chi connectivity index (χ1n) is 8.29. The monoisotopic (exact) mass is 424 g/mol. The third kappa shape index (κ3) is 6.25. The summed E-state index contributed by atoms with van der Waals surface area (Å²) in [5.74, 6) is 2.47. The Kier molecular flexibility index (Phi) is 7.67. The van der Waals surface area contributed by atoms with Crippen LogP contribution in [0.1, 0.15) is 12.5 Å². The molecular formula is C19H18F2N2O5S. The van der Waals surface area contributed by atoms with Gasteiger partial charge in [-0.25, -0.2) is 22.7 Å². The van der Waals surface area contributed by atoms with E-state index in [-0.39, 0.29) is 23.5 Å². The summed E-state index contributed by atoms with van der Waals surface area (Å²) in [5.41, 5.74) is 1.51. The van der Waals surface area contributed by atoms with E-state index in [1.54, 1.807) is 6.92 Å². The quantitative estimate of drug-likeness (QED) is 0.340. The number of amides is 1. The molecular weight excluding hydrogens is 406 g/mol. The van der Waals surface area contributed by atoms with E-state index in [1.807, 2.05) is 0 Å². The van der Waals surface area contributed by atoms with Crippen molar-refractivity contribution in [2.24, 2.45) is 0 Å². The van der Waals surface area contributed by atoms with Gasteiger partial charge in [-0.1, -0.05) is 12.0 Å². The molecule has 0 unspecified atom stereocenters. The maximum atomic E-state index is 13.4. The molecule has 29 heavy (non-hydrogen) atoms. The molecule has 2 rings (SSSR count). The fourth-order valence-electron chi connectivity index (χ4n) is 2.33. The largest absolute Gasteiger partial charge is 0.481 e. The minimum absolute atomic E-state index is 0.147. The summed E-state index contributed by atoms with van der Waals surface area (Å²) < 4.78 is 59.0. The molecule has 0 aliphatic carbocycles. The van der Waals surface area contributed by atoms with Crippen LogP contribution in [0.3, 0.4) is 0 Å². The average molecular weight is 424 g/mol. The number of rotatable bonds is 8. The highest BCUT2D eigenvalue weighted by atomic mass is 32.2. The zero-order chi connectivity index (χ0) is 21.4. The molecule has 1 atom stereocenters. The molecule has 7 nitrogen and oxygen atoms in total. The van der Waals surface area contributed by atoms with Gasteiger partial charge in [0.05, 0.1) is 4.90 Å². The molecule has 0 bridgehead atoms. The molecule has 154 valence electrons. The van der Waals surface area contributed by atoms with Gasteiger partial charge < -0.3 is 4.74 Å². The average Bonchev–Trinajstić information content (AvgIpc) is 2.70. The smallest absolute Gasteiger partial charge is 0.261 e. The Balaban J connectivity index is 2.18. The first-order valence-corrected chi connectivity index (χ1v) is 9.78. The lowest BCUT2D eigenvalue weighted by Gasteiger charge is -2.17. The summed E-state index contributed by atoms with van der Waals surface area (Å²) >= 11 is 0. The van der Waals surface area contributed by atoms with Crippen LogP contribution in [-0.2, 0) is 21.2 Å². The van der Waals surface area contributed by atoms with E-state index in [4.69, 9.17) is 9.94 Å². The second-order valence-corrected chi connectivity index (χ2v) is 7.50. The highest BCUT2D eigenvalue weighted by Gasteiger charge is 2.26. The number of carbonyl (C=O) groups excluding carboxylic acids is 1. The highest BCUT2D eigenvalue weighted by molar-refractivity contribution is 7.89. The fourth-order valence-corrected chi connectivity index (χ4v) is 3.53. The van der Waals surface area contributed by atoms with Crippen LogP contribution in [0.2, 0.25) is 0 Å². The second-order valence-electron chi connectivity index (χ2n) is 5.79. The molecule has 1 amide bonds. The van der Waals surface area contributed by atoms with Crippen LogP contribution < -0.4 is 14.9 Å². The van der Waals surface area contributed by atoms with Crippen molar-refractivity contribution in [2.45, 2.75) is 24.3 Å². The molecule has 0 aromatic heterocycles. The number of hydrogen-bond donors (Lipinski definition) is 3. The Labute approximate surface area is 166 Å². The van der Waals surface area contributed by atoms with Gasteiger partial charge in [0.25, 0.3) is 5.91 Å². The van der Waals surface area contributed by atoms with Gasteiger partial charge in [0.2, 0.25) is 10.0 Å². The van der Waals surface area contributed by atoms with Gasteiger partial charge in [0.1, 0.15) is 18.4 Å². The molecule has 0 aliphatic heterocycles. The molecule has 2 aromatic rings. The molecule has 0 heterocycles. The van der Waals surface area contributed by atoms with Crippen LogP contribution >= 0.6 is 0 Å². The zero-order valence-electron chi connectivity index (χ0n) is 15.3. The number of hydrogen-bond acceptors (Lipinski definition) is 5. The van der Waals surface area contributed by atoms with Crippen molar-refractivity contribution in [3.63, 3.8) is 0 Å². The van der Waals surface area contributed by atoms with Gasteiger partial charge in [0.15, 0.2) is 11.6 Å². The lowest BCUT2D eigenvalue weighted by Crippen LogP contribution is -2.47. The molecule has 0 saturated heterocycles. The number of halogens is 2. The molecule has 0 radical (unpaired) electrons. The van der Waals surface area contributed by atoms with Crippen LogP contribution in [-0.4, -0.2) is 32.2 Å². The second kappa shape index (κ2) is 9.97. The third-order valence-corrected chi connectivity index (χ3v) is 5.26. The summed E-state index contributed by atoms with van der Waals surface area (Å²) in [5, 5.41) is 8.89. The highest BCUT2D eigenvalue weighted by Crippen LogP contribution is 2.17. The van der Waals surface area contributed by atoms with E-state index in [9.17, 15) is 22.0 Å². The molecule has 0 saturated carbocycles. The van der Waals surface area contributed by atoms with Gasteiger partial charge in [-0.2, -0.15) is 4.72 Å². The van der Waals surface area contributed by atoms with Crippen LogP contribution in [0.25, 0.3) is 0 Å². The van der Waals surface area contributed by atoms with Crippen molar-refractivity contribution < 1.29 is 31.9 Å². The topological polar surface area (TPSA) is 105 Å². The Morgan fingerprint density at radius 2 is 1.86 bits per heavy atom. The molecule has 2 aromatic carbocycles. The first-order chi connectivity index (χ1) is 13.8. The summed E-state index contributed by atoms with van der Waals surface area (Å²) in [6, 6.07) is 6.80. The fraction of sp³-hybridized carbons (Fsp3) is 0.211. The lowest BCUT2D eigenvalue weighted by atomic mass is 10.1. The van der Waals surface area contributed by atoms with E-state index in [0.29, 0.717) is 5.75 Å². The summed E-state index contributed by atoms with van der Waals surface area (Å²) in [6.07, 6.45) is -0.320. The Morgan fingerprint density at radius 3 is 2.45 bits per heavy atom. The number of ether oxygens (including phenoxy) is 1. The Hall–Kier alpha value is -3.00. The number of sulfonamides is 1. The summed E-state index contributed by atoms with van der Waals surface area (Å²) in [4.78, 5) is 11.7. The summed E-state index contributed by atoms with van der Waals surface area (Å²) in [6.45, 7) is 1.80. The van der Waals surface area contributed by atoms with Gasteiger partial charge in [-0.15, -0.1) is 5.92 Å². The van der Waals surface area contributed by atoms with E-state index >= 15 is 0 Å². The van der Waals surface area contributed by atoms with E-state index in [2.05, 4.69) is 16.6 Å². The number of nitrogens with one attached hydrogen (secondary N) is 2. The predicted molar refractivity (Wildman–Crippen MR) is 99.5 cm³/mol. The molecule has 3 N–H and O–H groups in total. The van der Waals surface area contributed by atoms with E-state index < -0.39 is 33.6 Å². The van der Waals surface area contributed by atoms with Crippen LogP contribution in [0.4, 0.5) is 8.78 Å². The summed E-state index contributed by atoms with van der Waals surface area (Å²) in [7, 11) is -4.17. The minimum atomic E-state index is -4.17. The number of carbonyl (C=O) groups is 1. The van der Waals surface area contributed by atoms with Crippen LogP contribution in [0.15, 0.2) is 47.4 Å². The van der Waals surface area contributed by atoms with E-state index in [1.165, 1.54) is 35.8 Å². The Morgan fingerprint density at radius 1 is 1.17 bits per heavy atom. The predicted octanol–water partition coefficient (Wildman–Crippen LogP) is 1.76. The number of hydroxylamine groups is 1. The van der Waals surface area contributed by atoms with Gasteiger partial charge in [-0.3, -0.25) is 10.0 Å². The molecule has 10 heteroatoms. The van der Waals surface area contributed by atoms with Crippen molar-refractivity contribution in [1.29, 1.82) is 0 Å². The van der Waals surface area contributed by atoms with Crippen LogP contribution in [0.5, 0.6) is 5.75 Å². The van der Waals surface area contributed by atoms with Gasteiger partial charge in [-0.05, 0) is 55.3 Å². The standard InChI is InChI=1S/C19H18F2N2O5S/c1-2-3-10-28-14-5-7-15(8-6-14)29(26,27)23-18(19(24)22-25)12-13-4-9-16(20)17(21)11-13/h4-9,11,18,23,25H,10,12H2,1H3,(H,22,24)/t18-/m1/s1. The number of benzene rings is 2. The molecule has 0 aliphatic rings. The molecule has 0 spiro atoms. The van der Waals surface area contributed by atoms with Crippen molar-refractivity contribution in [1.82, 2.24) is 10.2 Å². The maximum absolute atomic E-state index is 13.4. The van der Waals surface area contributed by atoms with Crippen molar-refractivity contribution in [3.8, 4) is 17.6 Å². The first kappa shape index (κ1) is 22.3. The van der Waals surface area contributed by atoms with Crippen LogP contribution in [0, 0.1) is 23.5 Å². The van der Waals surface area contributed by atoms with Crippen molar-refractivity contribution in [2.75, 3.05) is 6.61 Å². The van der Waals surface area contributed by atoms with Crippen molar-refractivity contribution >= 4 is 15.9 Å².